The number of anilines is 2. The molecule has 3 aromatic heterocycles. The first-order chi connectivity index (χ1) is 14.7. The number of aromatic nitrogens is 5. The van der Waals surface area contributed by atoms with Gasteiger partial charge in [-0.2, -0.15) is 5.10 Å². The molecule has 30 heavy (non-hydrogen) atoms. The van der Waals surface area contributed by atoms with Gasteiger partial charge in [-0.25, -0.2) is 9.97 Å². The first-order valence-electron chi connectivity index (χ1n) is 10.1. The summed E-state index contributed by atoms with van der Waals surface area (Å²) in [7, 11) is 1.86. The van der Waals surface area contributed by atoms with E-state index in [4.69, 9.17) is 0 Å². The molecule has 1 aliphatic rings. The van der Waals surface area contributed by atoms with Crippen molar-refractivity contribution in [3.05, 3.63) is 66.5 Å². The summed E-state index contributed by atoms with van der Waals surface area (Å²) in [5.41, 5.74) is 1.86. The fourth-order valence-corrected chi connectivity index (χ4v) is 3.62. The number of carbonyl (C=O) groups excluding carboxylic acids is 1. The van der Waals surface area contributed by atoms with Crippen LogP contribution in [-0.4, -0.2) is 48.6 Å². The summed E-state index contributed by atoms with van der Waals surface area (Å²) in [5, 5.41) is 7.25. The number of hydrogen-bond donors (Lipinski definition) is 1. The van der Waals surface area contributed by atoms with Gasteiger partial charge in [0.15, 0.2) is 0 Å². The van der Waals surface area contributed by atoms with Gasteiger partial charge in [0.25, 0.3) is 0 Å². The molecule has 0 aromatic carbocycles. The summed E-state index contributed by atoms with van der Waals surface area (Å²) >= 11 is 0. The zero-order chi connectivity index (χ0) is 20.8. The second-order valence-electron chi connectivity index (χ2n) is 7.51. The van der Waals surface area contributed by atoms with Crippen LogP contribution in [0.15, 0.2) is 55.3 Å². The summed E-state index contributed by atoms with van der Waals surface area (Å²) in [6.45, 7) is 1.54. The smallest absolute Gasteiger partial charge is 0.246 e. The van der Waals surface area contributed by atoms with Crippen molar-refractivity contribution in [1.82, 2.24) is 29.6 Å². The number of pyridine rings is 1. The van der Waals surface area contributed by atoms with Crippen molar-refractivity contribution in [3.63, 3.8) is 0 Å². The Bertz CT molecular complexity index is 998. The predicted molar refractivity (Wildman–Crippen MR) is 115 cm³/mol. The zero-order valence-corrected chi connectivity index (χ0v) is 17.0. The zero-order valence-electron chi connectivity index (χ0n) is 17.0. The molecule has 4 heterocycles. The van der Waals surface area contributed by atoms with Crippen LogP contribution >= 0.6 is 0 Å². The average molecular weight is 403 g/mol. The summed E-state index contributed by atoms with van der Waals surface area (Å²) in [5.74, 6) is 1.83. The highest BCUT2D eigenvalue weighted by atomic mass is 16.2. The molecule has 1 aliphatic heterocycles. The molecule has 1 fully saturated rings. The fourth-order valence-electron chi connectivity index (χ4n) is 3.62. The van der Waals surface area contributed by atoms with Crippen molar-refractivity contribution >= 4 is 23.6 Å². The van der Waals surface area contributed by atoms with Crippen LogP contribution < -0.4 is 5.32 Å². The van der Waals surface area contributed by atoms with Crippen molar-refractivity contribution in [3.8, 4) is 0 Å². The van der Waals surface area contributed by atoms with Crippen LogP contribution in [-0.2, 0) is 18.3 Å². The Kier molecular flexibility index (Phi) is 6.12. The number of nitrogens with zero attached hydrogens (tertiary/aromatic N) is 6. The Hall–Kier alpha value is -3.55. The summed E-state index contributed by atoms with van der Waals surface area (Å²) < 4.78 is 1.72. The van der Waals surface area contributed by atoms with E-state index in [0.717, 1.165) is 49.4 Å². The maximum absolute atomic E-state index is 12.6. The van der Waals surface area contributed by atoms with E-state index in [1.807, 2.05) is 42.4 Å². The molecular formula is C22H25N7O. The van der Waals surface area contributed by atoms with E-state index in [2.05, 4.69) is 25.4 Å². The Balaban J connectivity index is 1.31. The molecule has 0 bridgehead atoms. The maximum Gasteiger partial charge on any atom is 0.246 e. The fraction of sp³-hybridized carbons (Fsp3) is 0.318. The summed E-state index contributed by atoms with van der Waals surface area (Å²) in [4.78, 5) is 27.7. The van der Waals surface area contributed by atoms with Gasteiger partial charge >= 0.3 is 0 Å². The first-order valence-corrected chi connectivity index (χ1v) is 10.1. The predicted octanol–water partition coefficient (Wildman–Crippen LogP) is 2.84. The van der Waals surface area contributed by atoms with E-state index in [9.17, 15) is 4.79 Å². The van der Waals surface area contributed by atoms with Gasteiger partial charge in [0, 0.05) is 44.2 Å². The third-order valence-corrected chi connectivity index (χ3v) is 5.10. The van der Waals surface area contributed by atoms with Gasteiger partial charge in [0.05, 0.1) is 24.3 Å². The van der Waals surface area contributed by atoms with E-state index >= 15 is 0 Å². The number of likely N-dealkylation sites (tertiary alicyclic amines) is 1. The van der Waals surface area contributed by atoms with Crippen LogP contribution in [0.4, 0.5) is 11.6 Å². The third kappa shape index (κ3) is 5.28. The summed E-state index contributed by atoms with van der Waals surface area (Å²) in [6, 6.07) is 5.66. The Morgan fingerprint density at radius 1 is 1.20 bits per heavy atom. The topological polar surface area (TPSA) is 88.8 Å². The minimum absolute atomic E-state index is 0.0459. The molecule has 1 atom stereocenters. The number of piperidine rings is 1. The highest BCUT2D eigenvalue weighted by molar-refractivity contribution is 5.91. The number of rotatable bonds is 6. The van der Waals surface area contributed by atoms with Gasteiger partial charge in [0.1, 0.15) is 11.6 Å². The van der Waals surface area contributed by atoms with Crippen LogP contribution in [0.5, 0.6) is 0 Å². The number of hydrogen-bond acceptors (Lipinski definition) is 6. The van der Waals surface area contributed by atoms with E-state index in [1.165, 1.54) is 0 Å². The van der Waals surface area contributed by atoms with Crippen LogP contribution in [0.25, 0.3) is 6.08 Å². The molecule has 1 amide bonds. The average Bonchev–Trinajstić information content (AvgIpc) is 3.19. The Labute approximate surface area is 175 Å². The van der Waals surface area contributed by atoms with E-state index in [0.29, 0.717) is 11.7 Å². The van der Waals surface area contributed by atoms with Gasteiger partial charge in [-0.1, -0.05) is 6.07 Å². The molecule has 0 radical (unpaired) electrons. The normalized spacial score (nSPS) is 16.7. The minimum Gasteiger partial charge on any atom is -0.339 e. The van der Waals surface area contributed by atoms with Crippen molar-refractivity contribution in [2.24, 2.45) is 13.0 Å². The largest absolute Gasteiger partial charge is 0.339 e. The Morgan fingerprint density at radius 3 is 2.87 bits per heavy atom. The molecule has 0 spiro atoms. The second kappa shape index (κ2) is 9.30. The van der Waals surface area contributed by atoms with E-state index < -0.39 is 0 Å². The Morgan fingerprint density at radius 2 is 2.13 bits per heavy atom. The van der Waals surface area contributed by atoms with Gasteiger partial charge in [-0.15, -0.1) is 0 Å². The second-order valence-corrected chi connectivity index (χ2v) is 7.51. The molecule has 8 nitrogen and oxygen atoms in total. The number of nitrogens with one attached hydrogen (secondary N) is 1. The lowest BCUT2D eigenvalue weighted by Crippen LogP contribution is -2.39. The molecule has 8 heteroatoms. The molecule has 1 N–H and O–H groups in total. The standard InChI is InChI=1S/C22H25N7O/c1-28-15-18(12-26-28)7-8-22(30)29-10-4-5-17(16-29)11-19-13-25-21(14-24-19)27-20-6-2-3-9-23-20/h2-3,6-9,12-15,17H,4-5,10-11,16H2,1H3,(H,23,25,27)/b8-7+/t17-/m1/s1. The number of amides is 1. The SMILES string of the molecule is Cn1cc(/C=C/C(=O)N2CCC[C@H](Cc3cnc(Nc4ccccn4)cn3)C2)cn1. The maximum atomic E-state index is 12.6. The van der Waals surface area contributed by atoms with Crippen molar-refractivity contribution in [2.75, 3.05) is 18.4 Å². The molecule has 0 saturated carbocycles. The van der Waals surface area contributed by atoms with Crippen LogP contribution in [0, 0.1) is 5.92 Å². The lowest BCUT2D eigenvalue weighted by Gasteiger charge is -2.32. The van der Waals surface area contributed by atoms with Crippen molar-refractivity contribution < 1.29 is 4.79 Å². The first kappa shape index (κ1) is 19.8. The van der Waals surface area contributed by atoms with Crippen LogP contribution in [0.3, 0.4) is 0 Å². The lowest BCUT2D eigenvalue weighted by molar-refractivity contribution is -0.127. The summed E-state index contributed by atoms with van der Waals surface area (Å²) in [6.07, 6.45) is 15.2. The highest BCUT2D eigenvalue weighted by Gasteiger charge is 2.23. The van der Waals surface area contributed by atoms with E-state index in [-0.39, 0.29) is 5.91 Å². The van der Waals surface area contributed by atoms with E-state index in [1.54, 1.807) is 35.5 Å². The number of aryl methyl sites for hydroxylation is 1. The molecule has 0 aliphatic carbocycles. The van der Waals surface area contributed by atoms with Crippen LogP contribution in [0.2, 0.25) is 0 Å². The third-order valence-electron chi connectivity index (χ3n) is 5.10. The van der Waals surface area contributed by atoms with Gasteiger partial charge in [-0.05, 0) is 43.4 Å². The molecule has 4 rings (SSSR count). The molecule has 3 aromatic rings. The molecular weight excluding hydrogens is 378 g/mol. The van der Waals surface area contributed by atoms with Gasteiger partial charge < -0.3 is 10.2 Å². The minimum atomic E-state index is 0.0459. The molecule has 1 saturated heterocycles. The monoisotopic (exact) mass is 403 g/mol. The van der Waals surface area contributed by atoms with Crippen molar-refractivity contribution in [1.29, 1.82) is 0 Å². The molecule has 154 valence electrons. The quantitative estimate of drug-likeness (QED) is 0.637. The van der Waals surface area contributed by atoms with Crippen molar-refractivity contribution in [2.45, 2.75) is 19.3 Å². The van der Waals surface area contributed by atoms with Gasteiger partial charge in [0.2, 0.25) is 5.91 Å². The number of carbonyl (C=O) groups is 1. The van der Waals surface area contributed by atoms with Gasteiger partial charge in [-0.3, -0.25) is 14.5 Å². The highest BCUT2D eigenvalue weighted by Crippen LogP contribution is 2.21. The lowest BCUT2D eigenvalue weighted by atomic mass is 9.93. The molecule has 0 unspecified atom stereocenters. The van der Waals surface area contributed by atoms with Crippen LogP contribution in [0.1, 0.15) is 24.1 Å².